The maximum atomic E-state index is 6.76. The van der Waals surface area contributed by atoms with Gasteiger partial charge in [0.25, 0.3) is 0 Å². The predicted octanol–water partition coefficient (Wildman–Crippen LogP) is 7.44. The minimum absolute atomic E-state index is 0.0922. The van der Waals surface area contributed by atoms with Gasteiger partial charge >= 0.3 is 0 Å². The van der Waals surface area contributed by atoms with Crippen molar-refractivity contribution in [3.05, 3.63) is 120 Å². The summed E-state index contributed by atoms with van der Waals surface area (Å²) in [5.41, 5.74) is 3.53. The van der Waals surface area contributed by atoms with Gasteiger partial charge in [0.15, 0.2) is 0 Å². The highest BCUT2D eigenvalue weighted by Gasteiger charge is 2.44. The maximum Gasteiger partial charge on any atom is 0.113 e. The van der Waals surface area contributed by atoms with Crippen LogP contribution in [-0.2, 0) is 34.0 Å². The van der Waals surface area contributed by atoms with E-state index in [1.165, 1.54) is 42.4 Å². The zero-order chi connectivity index (χ0) is 27.6. The van der Waals surface area contributed by atoms with Crippen LogP contribution in [0.15, 0.2) is 104 Å². The molecular weight excluding hydrogens is 494 g/mol. The molecule has 1 saturated heterocycles. The molecule has 5 rings (SSSR count). The van der Waals surface area contributed by atoms with Crippen molar-refractivity contribution in [2.24, 2.45) is 11.8 Å². The maximum absolute atomic E-state index is 6.76. The first-order chi connectivity index (χ1) is 19.7. The number of hydrogen-bond acceptors (Lipinski definition) is 4. The Labute approximate surface area is 241 Å². The van der Waals surface area contributed by atoms with Gasteiger partial charge in [-0.15, -0.1) is 6.58 Å². The second kappa shape index (κ2) is 14.7. The lowest BCUT2D eigenvalue weighted by atomic mass is 9.81. The summed E-state index contributed by atoms with van der Waals surface area (Å²) in [6.07, 6.45) is 6.80. The first-order valence-corrected chi connectivity index (χ1v) is 15.0. The zero-order valence-electron chi connectivity index (χ0n) is 23.9. The number of rotatable bonds is 12. The quantitative estimate of drug-likeness (QED) is 0.224. The fourth-order valence-corrected chi connectivity index (χ4v) is 6.27. The van der Waals surface area contributed by atoms with Crippen LogP contribution in [0.2, 0.25) is 0 Å². The Hall–Kier alpha value is -2.76. The monoisotopic (exact) mass is 539 g/mol. The molecule has 0 amide bonds. The van der Waals surface area contributed by atoms with Crippen LogP contribution in [0.3, 0.4) is 0 Å². The van der Waals surface area contributed by atoms with E-state index in [4.69, 9.17) is 14.2 Å². The van der Waals surface area contributed by atoms with Gasteiger partial charge in [0.2, 0.25) is 0 Å². The average Bonchev–Trinajstić information content (AvgIpc) is 3.01. The minimum Gasteiger partial charge on any atom is -0.369 e. The lowest BCUT2D eigenvalue weighted by Gasteiger charge is -2.48. The van der Waals surface area contributed by atoms with Gasteiger partial charge in [0, 0.05) is 19.1 Å². The molecule has 212 valence electrons. The van der Waals surface area contributed by atoms with Crippen LogP contribution >= 0.6 is 0 Å². The summed E-state index contributed by atoms with van der Waals surface area (Å²) in [5, 5.41) is 0. The van der Waals surface area contributed by atoms with E-state index >= 15 is 0 Å². The smallest absolute Gasteiger partial charge is 0.113 e. The summed E-state index contributed by atoms with van der Waals surface area (Å²) in [5.74, 6) is 1.37. The molecule has 0 spiro atoms. The van der Waals surface area contributed by atoms with Crippen LogP contribution in [0.1, 0.15) is 49.3 Å². The van der Waals surface area contributed by atoms with E-state index in [0.717, 1.165) is 13.1 Å². The molecule has 2 aliphatic rings. The van der Waals surface area contributed by atoms with E-state index in [-0.39, 0.29) is 24.4 Å². The fourth-order valence-electron chi connectivity index (χ4n) is 6.27. The minimum atomic E-state index is -0.171. The number of nitrogens with zero attached hydrogens (tertiary/aromatic N) is 1. The molecule has 4 heteroatoms. The summed E-state index contributed by atoms with van der Waals surface area (Å²) in [7, 11) is 0. The van der Waals surface area contributed by atoms with E-state index in [1.54, 1.807) is 0 Å². The van der Waals surface area contributed by atoms with Gasteiger partial charge in [-0.2, -0.15) is 0 Å². The molecular formula is C36H45NO3. The Kier molecular flexibility index (Phi) is 10.6. The van der Waals surface area contributed by atoms with Gasteiger partial charge in [0.05, 0.1) is 25.9 Å². The summed E-state index contributed by atoms with van der Waals surface area (Å²) >= 11 is 0. The van der Waals surface area contributed by atoms with Crippen LogP contribution in [0.25, 0.3) is 0 Å². The Balaban J connectivity index is 1.36. The van der Waals surface area contributed by atoms with Crippen molar-refractivity contribution < 1.29 is 14.2 Å². The molecule has 0 bridgehead atoms. The van der Waals surface area contributed by atoms with Gasteiger partial charge < -0.3 is 14.2 Å². The number of likely N-dealkylation sites (tertiary alicyclic amines) is 1. The fraction of sp³-hybridized carbons (Fsp3) is 0.444. The Morgan fingerprint density at radius 1 is 0.675 bits per heavy atom. The Morgan fingerprint density at radius 3 is 1.65 bits per heavy atom. The number of benzene rings is 3. The second-order valence-corrected chi connectivity index (χ2v) is 11.6. The lowest BCUT2D eigenvalue weighted by molar-refractivity contribution is -0.202. The third-order valence-corrected chi connectivity index (χ3v) is 8.75. The van der Waals surface area contributed by atoms with E-state index in [9.17, 15) is 0 Å². The molecule has 1 heterocycles. The average molecular weight is 540 g/mol. The van der Waals surface area contributed by atoms with Crippen molar-refractivity contribution in [2.75, 3.05) is 13.1 Å². The second-order valence-electron chi connectivity index (χ2n) is 11.6. The lowest BCUT2D eigenvalue weighted by Crippen LogP contribution is -2.63. The Morgan fingerprint density at radius 2 is 1.15 bits per heavy atom. The molecule has 3 aromatic carbocycles. The topological polar surface area (TPSA) is 30.9 Å². The molecule has 1 aliphatic heterocycles. The number of hydrogen-bond donors (Lipinski definition) is 0. The van der Waals surface area contributed by atoms with E-state index in [0.29, 0.717) is 31.7 Å². The van der Waals surface area contributed by atoms with E-state index < -0.39 is 0 Å². The summed E-state index contributed by atoms with van der Waals surface area (Å²) in [4.78, 5) is 2.62. The molecule has 0 aromatic heterocycles. The molecule has 4 unspecified atom stereocenters. The molecule has 1 aliphatic carbocycles. The normalized spacial score (nSPS) is 27.3. The highest BCUT2D eigenvalue weighted by molar-refractivity contribution is 5.16. The van der Waals surface area contributed by atoms with E-state index in [1.807, 2.05) is 12.1 Å². The largest absolute Gasteiger partial charge is 0.369 e. The van der Waals surface area contributed by atoms with Crippen LogP contribution in [-0.4, -0.2) is 42.3 Å². The van der Waals surface area contributed by atoms with Crippen molar-refractivity contribution in [3.63, 3.8) is 0 Å². The van der Waals surface area contributed by atoms with Gasteiger partial charge in [-0.1, -0.05) is 97.1 Å². The predicted molar refractivity (Wildman–Crippen MR) is 162 cm³/mol. The first kappa shape index (κ1) is 28.8. The molecule has 1 saturated carbocycles. The van der Waals surface area contributed by atoms with Crippen molar-refractivity contribution >= 4 is 0 Å². The van der Waals surface area contributed by atoms with Crippen LogP contribution in [0.5, 0.6) is 0 Å². The number of piperidine rings is 1. The van der Waals surface area contributed by atoms with Gasteiger partial charge in [-0.25, -0.2) is 0 Å². The summed E-state index contributed by atoms with van der Waals surface area (Å²) < 4.78 is 20.2. The van der Waals surface area contributed by atoms with Crippen molar-refractivity contribution in [1.29, 1.82) is 0 Å². The molecule has 4 atom stereocenters. The summed E-state index contributed by atoms with van der Waals surface area (Å²) in [6.45, 7) is 9.94. The molecule has 0 N–H and O–H groups in total. The first-order valence-electron chi connectivity index (χ1n) is 15.0. The standard InChI is InChI=1S/C36H45NO3/c1-3-29-19-21-30(22-20-29)23-37-24-34(38-25-31-13-7-4-8-14-31)36(40-27-33-17-11-6-12-18-33)35(28(37)2)39-26-32-15-9-5-10-16-32/h3-18,28-30,34-36H,1,19-27H2,2H3. The SMILES string of the molecule is C=CC1CCC(CN2CC(OCc3ccccc3)C(OCc3ccccc3)C(OCc3ccccc3)C2C)CC1. The van der Waals surface area contributed by atoms with Gasteiger partial charge in [-0.05, 0) is 61.1 Å². The molecule has 2 fully saturated rings. The van der Waals surface area contributed by atoms with Crippen LogP contribution < -0.4 is 0 Å². The summed E-state index contributed by atoms with van der Waals surface area (Å²) in [6, 6.07) is 31.6. The highest BCUT2D eigenvalue weighted by Crippen LogP contribution is 2.33. The van der Waals surface area contributed by atoms with Crippen LogP contribution in [0, 0.1) is 11.8 Å². The molecule has 0 radical (unpaired) electrons. The van der Waals surface area contributed by atoms with Crippen molar-refractivity contribution in [1.82, 2.24) is 4.90 Å². The van der Waals surface area contributed by atoms with Crippen molar-refractivity contribution in [2.45, 2.75) is 76.8 Å². The van der Waals surface area contributed by atoms with Crippen LogP contribution in [0.4, 0.5) is 0 Å². The highest BCUT2D eigenvalue weighted by atomic mass is 16.6. The van der Waals surface area contributed by atoms with E-state index in [2.05, 4.69) is 103 Å². The molecule has 3 aromatic rings. The molecule has 4 nitrogen and oxygen atoms in total. The third-order valence-electron chi connectivity index (χ3n) is 8.75. The van der Waals surface area contributed by atoms with Crippen molar-refractivity contribution in [3.8, 4) is 0 Å². The number of allylic oxidation sites excluding steroid dienone is 1. The van der Waals surface area contributed by atoms with Gasteiger partial charge in [-0.3, -0.25) is 4.90 Å². The van der Waals surface area contributed by atoms with Gasteiger partial charge in [0.1, 0.15) is 12.2 Å². The third kappa shape index (κ3) is 7.92. The Bertz CT molecular complexity index is 1130. The zero-order valence-corrected chi connectivity index (χ0v) is 23.9. The molecule has 40 heavy (non-hydrogen) atoms. The number of ether oxygens (including phenoxy) is 3.